The molecule has 0 bridgehead atoms. The van der Waals surface area contributed by atoms with Crippen LogP contribution in [0.1, 0.15) is 37.1 Å². The van der Waals surface area contributed by atoms with Gasteiger partial charge >= 0.3 is 0 Å². The van der Waals surface area contributed by atoms with Crippen LogP contribution in [0.3, 0.4) is 0 Å². The van der Waals surface area contributed by atoms with Gasteiger partial charge in [0.1, 0.15) is 5.01 Å². The number of aromatic nitrogens is 1. The first-order valence-corrected chi connectivity index (χ1v) is 7.02. The van der Waals surface area contributed by atoms with E-state index in [1.165, 1.54) is 17.8 Å². The third kappa shape index (κ3) is 2.14. The smallest absolute Gasteiger partial charge is 0.113 e. The van der Waals surface area contributed by atoms with Crippen LogP contribution in [0.2, 0.25) is 0 Å². The van der Waals surface area contributed by atoms with Crippen molar-refractivity contribution in [2.45, 2.75) is 43.7 Å². The quantitative estimate of drug-likeness (QED) is 0.877. The van der Waals surface area contributed by atoms with E-state index in [1.54, 1.807) is 11.3 Å². The maximum absolute atomic E-state index is 5.59. The normalized spacial score (nSPS) is 31.2. The summed E-state index contributed by atoms with van der Waals surface area (Å²) in [5, 5.41) is 7.15. The molecule has 1 aromatic rings. The number of thiazole rings is 1. The van der Waals surface area contributed by atoms with Gasteiger partial charge in [0.05, 0.1) is 5.54 Å². The molecule has 1 saturated heterocycles. The van der Waals surface area contributed by atoms with Crippen LogP contribution in [-0.4, -0.2) is 24.2 Å². The number of nitrogens with zero attached hydrogens (tertiary/aromatic N) is 1. The number of hydrogen-bond donors (Lipinski definition) is 1. The van der Waals surface area contributed by atoms with Crippen LogP contribution in [0.25, 0.3) is 0 Å². The lowest BCUT2D eigenvalue weighted by molar-refractivity contribution is 0.136. The van der Waals surface area contributed by atoms with E-state index in [-0.39, 0.29) is 5.54 Å². The van der Waals surface area contributed by atoms with Crippen molar-refractivity contribution in [3.63, 3.8) is 0 Å². The molecule has 1 aliphatic heterocycles. The standard InChI is InChI=1S/C12H18N2OS/c1-4-12(5-8-15-7-1,14-10-2-3-10)11-13-6-9-16-11/h6,9-10,14H,1-5,7-8H2. The first-order chi connectivity index (χ1) is 7.89. The Bertz CT molecular complexity index is 327. The van der Waals surface area contributed by atoms with Gasteiger partial charge < -0.3 is 10.1 Å². The molecule has 1 atom stereocenters. The van der Waals surface area contributed by atoms with Gasteiger partial charge in [-0.25, -0.2) is 4.98 Å². The van der Waals surface area contributed by atoms with Crippen molar-refractivity contribution in [3.8, 4) is 0 Å². The van der Waals surface area contributed by atoms with Gasteiger partial charge in [0.2, 0.25) is 0 Å². The van der Waals surface area contributed by atoms with Gasteiger partial charge in [-0.1, -0.05) is 0 Å². The summed E-state index contributed by atoms with van der Waals surface area (Å²) in [5.74, 6) is 0. The van der Waals surface area contributed by atoms with E-state index >= 15 is 0 Å². The van der Waals surface area contributed by atoms with Gasteiger partial charge in [-0.05, 0) is 32.1 Å². The van der Waals surface area contributed by atoms with E-state index in [1.807, 2.05) is 6.20 Å². The highest BCUT2D eigenvalue weighted by Gasteiger charge is 2.39. The minimum absolute atomic E-state index is 0.103. The average molecular weight is 238 g/mol. The van der Waals surface area contributed by atoms with Crippen LogP contribution in [0.4, 0.5) is 0 Å². The molecular weight excluding hydrogens is 220 g/mol. The molecule has 4 heteroatoms. The molecule has 2 aliphatic rings. The van der Waals surface area contributed by atoms with E-state index in [0.29, 0.717) is 0 Å². The van der Waals surface area contributed by atoms with Crippen molar-refractivity contribution in [1.82, 2.24) is 10.3 Å². The Labute approximate surface area is 100 Å². The minimum Gasteiger partial charge on any atom is -0.381 e. The molecule has 3 nitrogen and oxygen atoms in total. The molecule has 16 heavy (non-hydrogen) atoms. The van der Waals surface area contributed by atoms with Crippen molar-refractivity contribution < 1.29 is 4.74 Å². The lowest BCUT2D eigenvalue weighted by Gasteiger charge is -2.31. The van der Waals surface area contributed by atoms with Crippen LogP contribution >= 0.6 is 11.3 Å². The second-order valence-electron chi connectivity index (χ2n) is 4.80. The van der Waals surface area contributed by atoms with Gasteiger partial charge in [0.15, 0.2) is 0 Å². The number of nitrogens with one attached hydrogen (secondary N) is 1. The van der Waals surface area contributed by atoms with Gasteiger partial charge in [-0.15, -0.1) is 11.3 Å². The second-order valence-corrected chi connectivity index (χ2v) is 5.70. The molecule has 3 rings (SSSR count). The van der Waals surface area contributed by atoms with Crippen LogP contribution in [0, 0.1) is 0 Å². The zero-order valence-electron chi connectivity index (χ0n) is 9.45. The van der Waals surface area contributed by atoms with Crippen LogP contribution in [-0.2, 0) is 10.3 Å². The molecule has 0 aromatic carbocycles. The van der Waals surface area contributed by atoms with Crippen molar-refractivity contribution in [1.29, 1.82) is 0 Å². The maximum Gasteiger partial charge on any atom is 0.113 e. The fraction of sp³-hybridized carbons (Fsp3) is 0.750. The molecule has 1 aliphatic carbocycles. The summed E-state index contributed by atoms with van der Waals surface area (Å²) >= 11 is 1.78. The Balaban J connectivity index is 1.85. The largest absolute Gasteiger partial charge is 0.381 e. The Morgan fingerprint density at radius 1 is 1.38 bits per heavy atom. The molecular formula is C12H18N2OS. The predicted molar refractivity (Wildman–Crippen MR) is 64.6 cm³/mol. The molecule has 1 aromatic heterocycles. The molecule has 1 N–H and O–H groups in total. The predicted octanol–water partition coefficient (Wildman–Crippen LogP) is 2.29. The number of rotatable bonds is 3. The highest BCUT2D eigenvalue weighted by molar-refractivity contribution is 7.09. The third-order valence-corrected chi connectivity index (χ3v) is 4.44. The van der Waals surface area contributed by atoms with Crippen LogP contribution < -0.4 is 5.32 Å². The average Bonchev–Trinajstić information content (AvgIpc) is 2.99. The highest BCUT2D eigenvalue weighted by Crippen LogP contribution is 2.37. The van der Waals surface area contributed by atoms with Gasteiger partial charge in [0.25, 0.3) is 0 Å². The maximum atomic E-state index is 5.59. The zero-order valence-corrected chi connectivity index (χ0v) is 10.3. The fourth-order valence-corrected chi connectivity index (χ4v) is 3.31. The number of hydrogen-bond acceptors (Lipinski definition) is 4. The molecule has 0 amide bonds. The summed E-state index contributed by atoms with van der Waals surface area (Å²) in [6.07, 6.45) is 7.94. The van der Waals surface area contributed by atoms with E-state index in [4.69, 9.17) is 4.74 Å². The molecule has 1 unspecified atom stereocenters. The first-order valence-electron chi connectivity index (χ1n) is 6.14. The topological polar surface area (TPSA) is 34.1 Å². The van der Waals surface area contributed by atoms with Gasteiger partial charge in [-0.2, -0.15) is 0 Å². The summed E-state index contributed by atoms with van der Waals surface area (Å²) in [6, 6.07) is 0.724. The zero-order chi connectivity index (χ0) is 10.8. The summed E-state index contributed by atoms with van der Waals surface area (Å²) in [5.41, 5.74) is 0.103. The Morgan fingerprint density at radius 3 is 3.06 bits per heavy atom. The number of ether oxygens (including phenoxy) is 1. The van der Waals surface area contributed by atoms with E-state index in [2.05, 4.69) is 15.7 Å². The van der Waals surface area contributed by atoms with Gasteiger partial charge in [-0.3, -0.25) is 0 Å². The van der Waals surface area contributed by atoms with E-state index < -0.39 is 0 Å². The molecule has 0 radical (unpaired) electrons. The lowest BCUT2D eigenvalue weighted by atomic mass is 9.91. The van der Waals surface area contributed by atoms with Crippen molar-refractivity contribution >= 4 is 11.3 Å². The molecule has 0 spiro atoms. The van der Waals surface area contributed by atoms with Crippen molar-refractivity contribution in [2.75, 3.05) is 13.2 Å². The fourth-order valence-electron chi connectivity index (χ4n) is 2.45. The second kappa shape index (κ2) is 4.43. The van der Waals surface area contributed by atoms with Crippen molar-refractivity contribution in [2.24, 2.45) is 0 Å². The summed E-state index contributed by atoms with van der Waals surface area (Å²) in [7, 11) is 0. The van der Waals surface area contributed by atoms with Crippen LogP contribution in [0.15, 0.2) is 11.6 Å². The molecule has 2 fully saturated rings. The summed E-state index contributed by atoms with van der Waals surface area (Å²) in [4.78, 5) is 4.54. The van der Waals surface area contributed by atoms with E-state index in [0.717, 1.165) is 38.5 Å². The first kappa shape index (κ1) is 10.7. The van der Waals surface area contributed by atoms with Crippen molar-refractivity contribution in [3.05, 3.63) is 16.6 Å². The Hall–Kier alpha value is -0.450. The van der Waals surface area contributed by atoms with Gasteiger partial charge in [0, 0.05) is 30.8 Å². The third-order valence-electron chi connectivity index (χ3n) is 3.46. The Kier molecular flexibility index (Phi) is 2.96. The van der Waals surface area contributed by atoms with E-state index in [9.17, 15) is 0 Å². The van der Waals surface area contributed by atoms with Crippen LogP contribution in [0.5, 0.6) is 0 Å². The summed E-state index contributed by atoms with van der Waals surface area (Å²) in [6.45, 7) is 1.76. The SMILES string of the molecule is c1csc(C2(NC3CC3)CCCOCC2)n1. The monoisotopic (exact) mass is 238 g/mol. The Morgan fingerprint density at radius 2 is 2.31 bits per heavy atom. The summed E-state index contributed by atoms with van der Waals surface area (Å²) < 4.78 is 5.59. The highest BCUT2D eigenvalue weighted by atomic mass is 32.1. The molecule has 2 heterocycles. The minimum atomic E-state index is 0.103. The lowest BCUT2D eigenvalue weighted by Crippen LogP contribution is -2.44. The molecule has 88 valence electrons. The molecule has 1 saturated carbocycles.